The van der Waals surface area contributed by atoms with Crippen molar-refractivity contribution >= 4 is 23.2 Å². The summed E-state index contributed by atoms with van der Waals surface area (Å²) in [6.07, 6.45) is 1.94. The molecule has 0 aliphatic carbocycles. The minimum atomic E-state index is -0.131. The van der Waals surface area contributed by atoms with Gasteiger partial charge in [-0.3, -0.25) is 4.79 Å². The average Bonchev–Trinajstić information content (AvgIpc) is 2.47. The van der Waals surface area contributed by atoms with Gasteiger partial charge in [-0.15, -0.1) is 10.2 Å². The van der Waals surface area contributed by atoms with Gasteiger partial charge >= 0.3 is 0 Å². The van der Waals surface area contributed by atoms with Crippen molar-refractivity contribution in [1.29, 1.82) is 0 Å². The molecule has 5 heteroatoms. The number of aromatic nitrogens is 2. The maximum atomic E-state index is 12.7. The number of aryl methyl sites for hydroxylation is 1. The van der Waals surface area contributed by atoms with Crippen LogP contribution in [0.5, 0.6) is 0 Å². The average molecular weight is 288 g/mol. The number of amides is 1. The smallest absolute Gasteiger partial charge is 0.279 e. The van der Waals surface area contributed by atoms with E-state index in [1.807, 2.05) is 18.2 Å². The van der Waals surface area contributed by atoms with E-state index < -0.39 is 0 Å². The number of fused-ring (bicyclic) bond motifs is 1. The number of hydrogen-bond donors (Lipinski definition) is 0. The maximum Gasteiger partial charge on any atom is 0.279 e. The van der Waals surface area contributed by atoms with E-state index >= 15 is 0 Å². The zero-order valence-electron chi connectivity index (χ0n) is 11.1. The molecule has 0 bridgehead atoms. The molecule has 1 aromatic carbocycles. The molecule has 0 saturated heterocycles. The number of carbonyl (C=O) groups is 1. The van der Waals surface area contributed by atoms with Crippen molar-refractivity contribution in [3.8, 4) is 0 Å². The van der Waals surface area contributed by atoms with E-state index in [-0.39, 0.29) is 17.1 Å². The van der Waals surface area contributed by atoms with E-state index in [0.717, 1.165) is 18.5 Å². The highest BCUT2D eigenvalue weighted by Crippen LogP contribution is 2.31. The Labute approximate surface area is 122 Å². The molecule has 1 aliphatic heterocycles. The van der Waals surface area contributed by atoms with E-state index in [4.69, 9.17) is 11.6 Å². The highest BCUT2D eigenvalue weighted by Gasteiger charge is 2.29. The molecular formula is C15H14ClN3O. The molecule has 3 rings (SSSR count). The van der Waals surface area contributed by atoms with Crippen molar-refractivity contribution in [2.75, 3.05) is 4.90 Å². The van der Waals surface area contributed by atoms with Gasteiger partial charge in [-0.1, -0.05) is 29.8 Å². The number of anilines is 1. The first-order valence-corrected chi connectivity index (χ1v) is 6.95. The monoisotopic (exact) mass is 287 g/mol. The molecule has 0 fully saturated rings. The fourth-order valence-corrected chi connectivity index (χ4v) is 2.65. The highest BCUT2D eigenvalue weighted by molar-refractivity contribution is 6.29. The summed E-state index contributed by atoms with van der Waals surface area (Å²) in [6, 6.07) is 11.3. The molecule has 1 aromatic heterocycles. The van der Waals surface area contributed by atoms with Crippen LogP contribution in [0.25, 0.3) is 0 Å². The first kappa shape index (κ1) is 13.1. The quantitative estimate of drug-likeness (QED) is 0.809. The van der Waals surface area contributed by atoms with Gasteiger partial charge in [0.1, 0.15) is 0 Å². The summed E-state index contributed by atoms with van der Waals surface area (Å²) < 4.78 is 0. The Morgan fingerprint density at radius 2 is 2.05 bits per heavy atom. The zero-order chi connectivity index (χ0) is 14.1. The first-order chi connectivity index (χ1) is 9.66. The van der Waals surface area contributed by atoms with Crippen LogP contribution in [0, 0.1) is 0 Å². The van der Waals surface area contributed by atoms with Crippen LogP contribution in [0.4, 0.5) is 5.69 Å². The van der Waals surface area contributed by atoms with Crippen LogP contribution in [0.15, 0.2) is 36.4 Å². The van der Waals surface area contributed by atoms with Crippen molar-refractivity contribution in [1.82, 2.24) is 10.2 Å². The second-order valence-corrected chi connectivity index (χ2v) is 5.32. The largest absolute Gasteiger partial charge is 0.304 e. The van der Waals surface area contributed by atoms with Crippen LogP contribution in [0.1, 0.15) is 29.4 Å². The van der Waals surface area contributed by atoms with Gasteiger partial charge in [0.25, 0.3) is 5.91 Å². The molecule has 4 nitrogen and oxygen atoms in total. The third kappa shape index (κ3) is 2.27. The highest BCUT2D eigenvalue weighted by atomic mass is 35.5. The number of halogens is 1. The molecule has 102 valence electrons. The summed E-state index contributed by atoms with van der Waals surface area (Å²) in [7, 11) is 0. The van der Waals surface area contributed by atoms with Crippen molar-refractivity contribution in [2.24, 2.45) is 0 Å². The number of benzene rings is 1. The van der Waals surface area contributed by atoms with E-state index in [1.54, 1.807) is 17.0 Å². The normalized spacial score (nSPS) is 17.7. The van der Waals surface area contributed by atoms with Gasteiger partial charge in [-0.2, -0.15) is 0 Å². The molecule has 0 spiro atoms. The molecule has 1 amide bonds. The summed E-state index contributed by atoms with van der Waals surface area (Å²) in [6.45, 7) is 2.05. The zero-order valence-corrected chi connectivity index (χ0v) is 11.8. The molecule has 2 heterocycles. The van der Waals surface area contributed by atoms with Crippen LogP contribution in [-0.2, 0) is 6.42 Å². The van der Waals surface area contributed by atoms with Gasteiger partial charge < -0.3 is 4.90 Å². The molecule has 0 N–H and O–H groups in total. The van der Waals surface area contributed by atoms with Gasteiger partial charge in [0, 0.05) is 11.7 Å². The number of hydrogen-bond acceptors (Lipinski definition) is 3. The Bertz CT molecular complexity index is 642. The lowest BCUT2D eigenvalue weighted by atomic mass is 9.96. The van der Waals surface area contributed by atoms with Gasteiger partial charge in [-0.25, -0.2) is 0 Å². The summed E-state index contributed by atoms with van der Waals surface area (Å²) >= 11 is 5.71. The van der Waals surface area contributed by atoms with E-state index in [9.17, 15) is 4.79 Å². The predicted molar refractivity (Wildman–Crippen MR) is 78.1 cm³/mol. The predicted octanol–water partition coefficient (Wildman–Crippen LogP) is 3.11. The Balaban J connectivity index is 2.00. The van der Waals surface area contributed by atoms with Crippen molar-refractivity contribution in [3.05, 3.63) is 52.8 Å². The molecular weight excluding hydrogens is 274 g/mol. The van der Waals surface area contributed by atoms with Crippen LogP contribution in [0.2, 0.25) is 5.15 Å². The Morgan fingerprint density at radius 1 is 1.25 bits per heavy atom. The fraction of sp³-hybridized carbons (Fsp3) is 0.267. The number of nitrogens with zero attached hydrogens (tertiary/aromatic N) is 3. The second-order valence-electron chi connectivity index (χ2n) is 4.93. The molecule has 2 aromatic rings. The van der Waals surface area contributed by atoms with E-state index in [0.29, 0.717) is 5.69 Å². The van der Waals surface area contributed by atoms with Crippen molar-refractivity contribution in [3.63, 3.8) is 0 Å². The third-order valence-corrected chi connectivity index (χ3v) is 3.79. The Hall–Kier alpha value is -1.94. The van der Waals surface area contributed by atoms with E-state index in [1.165, 1.54) is 5.56 Å². The van der Waals surface area contributed by atoms with Gasteiger partial charge in [0.05, 0.1) is 0 Å². The summed E-state index contributed by atoms with van der Waals surface area (Å²) in [5.41, 5.74) is 2.48. The summed E-state index contributed by atoms with van der Waals surface area (Å²) in [4.78, 5) is 14.5. The molecule has 0 saturated carbocycles. The van der Waals surface area contributed by atoms with Crippen molar-refractivity contribution in [2.45, 2.75) is 25.8 Å². The standard InChI is InChI=1S/C15H14ClN3O/c1-10-6-7-11-4-2-3-5-13(11)19(10)15(20)12-8-9-14(16)18-17-12/h2-5,8-10H,6-7H2,1H3. The minimum absolute atomic E-state index is 0.131. The first-order valence-electron chi connectivity index (χ1n) is 6.57. The lowest BCUT2D eigenvalue weighted by molar-refractivity contribution is 0.0969. The number of para-hydroxylation sites is 1. The van der Waals surface area contributed by atoms with Crippen LogP contribution in [0.3, 0.4) is 0 Å². The molecule has 1 unspecified atom stereocenters. The summed E-state index contributed by atoms with van der Waals surface area (Å²) in [5.74, 6) is -0.131. The number of rotatable bonds is 1. The van der Waals surface area contributed by atoms with Crippen LogP contribution < -0.4 is 4.90 Å². The fourth-order valence-electron chi connectivity index (χ4n) is 2.55. The van der Waals surface area contributed by atoms with Gasteiger partial charge in [0.2, 0.25) is 0 Å². The second kappa shape index (κ2) is 5.21. The molecule has 1 atom stereocenters. The molecule has 20 heavy (non-hydrogen) atoms. The molecule has 0 radical (unpaired) electrons. The Morgan fingerprint density at radius 3 is 2.80 bits per heavy atom. The third-order valence-electron chi connectivity index (χ3n) is 3.59. The topological polar surface area (TPSA) is 46.1 Å². The lowest BCUT2D eigenvalue weighted by Gasteiger charge is -2.34. The molecule has 1 aliphatic rings. The maximum absolute atomic E-state index is 12.7. The summed E-state index contributed by atoms with van der Waals surface area (Å²) in [5, 5.41) is 7.92. The van der Waals surface area contributed by atoms with Gasteiger partial charge in [0.15, 0.2) is 10.8 Å². The van der Waals surface area contributed by atoms with E-state index in [2.05, 4.69) is 23.2 Å². The lowest BCUT2D eigenvalue weighted by Crippen LogP contribution is -2.42. The van der Waals surface area contributed by atoms with Crippen molar-refractivity contribution < 1.29 is 4.79 Å². The van der Waals surface area contributed by atoms with Crippen LogP contribution >= 0.6 is 11.6 Å². The minimum Gasteiger partial charge on any atom is -0.304 e. The Kier molecular flexibility index (Phi) is 3.40. The van der Waals surface area contributed by atoms with Crippen LogP contribution in [-0.4, -0.2) is 22.1 Å². The van der Waals surface area contributed by atoms with Gasteiger partial charge in [-0.05, 0) is 43.5 Å². The number of carbonyl (C=O) groups excluding carboxylic acids is 1. The SMILES string of the molecule is CC1CCc2ccccc2N1C(=O)c1ccc(Cl)nn1.